The number of fused-ring (bicyclic) bond motifs is 3. The molecule has 5 nitrogen and oxygen atoms in total. The SMILES string of the molecule is [2H]C([2H])([2H])C([2H])(c1cc(-c2cccc3c2oc2nc(C)ccc23)ncc1CCC12CC3CC(CCc4ccc(-c5ccccc5)nc4)(CC(CCc4ccc(-c5ccccc5)nc4)(C3)C1)C2)C([2H])([2H])[2H]. The molecule has 4 bridgehead atoms. The molecule has 0 N–H and O–H groups in total. The van der Waals surface area contributed by atoms with Gasteiger partial charge in [0.25, 0.3) is 0 Å². The number of para-hydroxylation sites is 1. The Kier molecular flexibility index (Phi) is 8.30. The number of rotatable bonds is 13. The Balaban J connectivity index is 0.931. The Morgan fingerprint density at radius 3 is 1.78 bits per heavy atom. The molecule has 5 heteroatoms. The molecule has 4 fully saturated rings. The summed E-state index contributed by atoms with van der Waals surface area (Å²) in [5, 5.41) is 1.65. The van der Waals surface area contributed by atoms with Crippen LogP contribution in [0.15, 0.2) is 144 Å². The largest absolute Gasteiger partial charge is 0.437 e. The highest BCUT2D eigenvalue weighted by Gasteiger charge is 2.62. The molecule has 0 saturated heterocycles. The van der Waals surface area contributed by atoms with Gasteiger partial charge in [-0.1, -0.05) is 98.6 Å². The van der Waals surface area contributed by atoms with E-state index in [4.69, 9.17) is 27.6 Å². The molecule has 0 aliphatic heterocycles. The van der Waals surface area contributed by atoms with Gasteiger partial charge in [-0.15, -0.1) is 0 Å². The maximum atomic E-state index is 9.60. The van der Waals surface area contributed by atoms with E-state index in [1.165, 1.54) is 30.4 Å². The van der Waals surface area contributed by atoms with Gasteiger partial charge in [-0.05, 0) is 171 Å². The van der Waals surface area contributed by atoms with Crippen LogP contribution in [0.25, 0.3) is 55.8 Å². The number of hydrogen-bond donors (Lipinski definition) is 0. The van der Waals surface area contributed by atoms with Crippen LogP contribution in [0.3, 0.4) is 0 Å². The summed E-state index contributed by atoms with van der Waals surface area (Å²) in [6, 6.07) is 40.4. The van der Waals surface area contributed by atoms with Gasteiger partial charge >= 0.3 is 0 Å². The van der Waals surface area contributed by atoms with Gasteiger partial charge in [0.05, 0.1) is 17.1 Å². The second-order valence-electron chi connectivity index (χ2n) is 19.5. The minimum Gasteiger partial charge on any atom is -0.437 e. The fourth-order valence-electron chi connectivity index (χ4n) is 12.9. The van der Waals surface area contributed by atoms with E-state index >= 15 is 0 Å². The zero-order chi connectivity index (χ0) is 48.5. The molecule has 4 saturated carbocycles. The van der Waals surface area contributed by atoms with Gasteiger partial charge in [-0.2, -0.15) is 0 Å². The minimum absolute atomic E-state index is 0.0216. The zero-order valence-electron chi connectivity index (χ0n) is 43.0. The number of aryl methyl sites for hydroxylation is 4. The van der Waals surface area contributed by atoms with E-state index in [0.717, 1.165) is 90.3 Å². The highest BCUT2D eigenvalue weighted by Crippen LogP contribution is 2.73. The molecular formula is C58H58N4O. The molecule has 8 aromatic rings. The summed E-state index contributed by atoms with van der Waals surface area (Å²) in [6.07, 6.45) is 17.7. The summed E-state index contributed by atoms with van der Waals surface area (Å²) < 4.78 is 68.0. The molecular weight excluding hydrogens is 769 g/mol. The van der Waals surface area contributed by atoms with E-state index in [0.29, 0.717) is 40.5 Å². The number of hydrogen-bond acceptors (Lipinski definition) is 5. The van der Waals surface area contributed by atoms with E-state index in [1.54, 1.807) is 12.3 Å². The van der Waals surface area contributed by atoms with Crippen molar-refractivity contribution in [3.8, 4) is 33.8 Å². The highest BCUT2D eigenvalue weighted by atomic mass is 16.3. The van der Waals surface area contributed by atoms with Gasteiger partial charge in [-0.3, -0.25) is 15.0 Å². The topological polar surface area (TPSA) is 64.7 Å². The monoisotopic (exact) mass is 834 g/mol. The summed E-state index contributed by atoms with van der Waals surface area (Å²) in [5.74, 6) is -2.36. The molecule has 63 heavy (non-hydrogen) atoms. The summed E-state index contributed by atoms with van der Waals surface area (Å²) in [5.41, 5.74) is 10.0. The fourth-order valence-corrected chi connectivity index (χ4v) is 12.9. The van der Waals surface area contributed by atoms with Gasteiger partial charge in [0.15, 0.2) is 0 Å². The lowest BCUT2D eigenvalue weighted by molar-refractivity contribution is -0.166. The molecule has 0 spiro atoms. The third kappa shape index (κ3) is 7.79. The van der Waals surface area contributed by atoms with E-state index in [-0.39, 0.29) is 21.8 Å². The first-order chi connectivity index (χ1) is 33.5. The molecule has 3 aromatic carbocycles. The number of nitrogens with zero attached hydrogens (tertiary/aromatic N) is 4. The Morgan fingerprint density at radius 1 is 0.619 bits per heavy atom. The summed E-state index contributed by atoms with van der Waals surface area (Å²) in [6.45, 7) is -4.45. The first-order valence-electron chi connectivity index (χ1n) is 26.3. The summed E-state index contributed by atoms with van der Waals surface area (Å²) >= 11 is 0. The predicted molar refractivity (Wildman–Crippen MR) is 256 cm³/mol. The standard InChI is InChI=1S/C58H58N4O/c1-39(2)50-29-53(49-16-10-15-47-48-20-17-40(3)62-55(48)63-54(47)49)61-35-46(50)25-28-58-32-43-30-56(37-58,26-23-41-18-21-51(59-33-41)44-11-6-4-7-12-44)36-57(31-43,38-58)27-24-42-19-22-52(60-34-42)45-13-8-5-9-14-45/h4-22,29,33-35,39,43H,23-28,30-32,36-38H2,1-3H3/i1D3,2D3,39D. The average Bonchev–Trinajstić information content (AvgIpc) is 3.72. The lowest BCUT2D eigenvalue weighted by atomic mass is 9.37. The van der Waals surface area contributed by atoms with Crippen LogP contribution in [-0.2, 0) is 19.3 Å². The van der Waals surface area contributed by atoms with Crippen LogP contribution in [0.4, 0.5) is 0 Å². The Hall–Kier alpha value is -5.94. The van der Waals surface area contributed by atoms with Crippen molar-refractivity contribution in [1.82, 2.24) is 19.9 Å². The van der Waals surface area contributed by atoms with Gasteiger partial charge in [0, 0.05) is 61.3 Å². The van der Waals surface area contributed by atoms with E-state index in [1.807, 2.05) is 86.0 Å². The van der Waals surface area contributed by atoms with Gasteiger partial charge < -0.3 is 4.42 Å². The van der Waals surface area contributed by atoms with E-state index < -0.39 is 19.6 Å². The molecule has 2 unspecified atom stereocenters. The molecule has 0 amide bonds. The highest BCUT2D eigenvalue weighted by molar-refractivity contribution is 6.08. The average molecular weight is 834 g/mol. The van der Waals surface area contributed by atoms with Crippen molar-refractivity contribution in [2.75, 3.05) is 0 Å². The maximum Gasteiger partial charge on any atom is 0.227 e. The van der Waals surface area contributed by atoms with Gasteiger partial charge in [0.1, 0.15) is 5.58 Å². The van der Waals surface area contributed by atoms with Crippen LogP contribution in [0.5, 0.6) is 0 Å². The Bertz CT molecular complexity index is 3070. The lowest BCUT2D eigenvalue weighted by Crippen LogP contribution is -2.57. The van der Waals surface area contributed by atoms with E-state index in [9.17, 15) is 1.37 Å². The summed E-state index contributed by atoms with van der Waals surface area (Å²) in [4.78, 5) is 19.3. The van der Waals surface area contributed by atoms with Crippen molar-refractivity contribution in [2.45, 2.75) is 104 Å². The summed E-state index contributed by atoms with van der Waals surface area (Å²) in [7, 11) is 0. The quantitative estimate of drug-likeness (QED) is 0.116. The van der Waals surface area contributed by atoms with Crippen LogP contribution in [-0.4, -0.2) is 19.9 Å². The van der Waals surface area contributed by atoms with Crippen molar-refractivity contribution >= 4 is 22.1 Å². The molecule has 5 aromatic heterocycles. The van der Waals surface area contributed by atoms with Crippen LogP contribution in [0, 0.1) is 29.1 Å². The van der Waals surface area contributed by atoms with Crippen molar-refractivity contribution in [3.63, 3.8) is 0 Å². The maximum absolute atomic E-state index is 9.60. The third-order valence-electron chi connectivity index (χ3n) is 15.1. The van der Waals surface area contributed by atoms with Gasteiger partial charge in [0.2, 0.25) is 5.71 Å². The van der Waals surface area contributed by atoms with Gasteiger partial charge in [-0.25, -0.2) is 4.98 Å². The van der Waals surface area contributed by atoms with Crippen LogP contribution < -0.4 is 0 Å². The molecule has 2 atom stereocenters. The van der Waals surface area contributed by atoms with Crippen molar-refractivity contribution < 1.29 is 14.0 Å². The molecule has 4 aliphatic carbocycles. The number of benzene rings is 3. The molecule has 0 radical (unpaired) electrons. The Morgan fingerprint density at radius 2 is 1.21 bits per heavy atom. The van der Waals surface area contributed by atoms with E-state index in [2.05, 4.69) is 53.5 Å². The molecule has 12 rings (SSSR count). The molecule has 4 aliphatic rings. The lowest BCUT2D eigenvalue weighted by Gasteiger charge is -2.67. The Labute approximate surface area is 382 Å². The molecule has 5 heterocycles. The number of furan rings is 1. The van der Waals surface area contributed by atoms with Crippen LogP contribution in [0.1, 0.15) is 115 Å². The fraction of sp³-hybridized carbons (Fsp3) is 0.345. The van der Waals surface area contributed by atoms with Crippen molar-refractivity contribution in [2.24, 2.45) is 22.2 Å². The third-order valence-corrected chi connectivity index (χ3v) is 15.1. The van der Waals surface area contributed by atoms with Crippen LogP contribution in [0.2, 0.25) is 0 Å². The van der Waals surface area contributed by atoms with Crippen molar-refractivity contribution in [1.29, 1.82) is 0 Å². The second-order valence-corrected chi connectivity index (χ2v) is 19.5. The number of pyridine rings is 4. The molecule has 316 valence electrons. The number of aromatic nitrogens is 4. The first-order valence-corrected chi connectivity index (χ1v) is 22.8. The second kappa shape index (κ2) is 16.0. The normalized spacial score (nSPS) is 24.9. The predicted octanol–water partition coefficient (Wildman–Crippen LogP) is 14.8. The van der Waals surface area contributed by atoms with Crippen molar-refractivity contribution in [3.05, 3.63) is 168 Å². The first kappa shape index (κ1) is 32.7. The smallest absolute Gasteiger partial charge is 0.227 e. The minimum atomic E-state index is -3.17. The van der Waals surface area contributed by atoms with Crippen LogP contribution >= 0.6 is 0 Å². The zero-order valence-corrected chi connectivity index (χ0v) is 36.0.